The Kier molecular flexibility index (Phi) is 5.60. The molecule has 0 aliphatic rings. The second-order valence-corrected chi connectivity index (χ2v) is 4.86. The maximum absolute atomic E-state index is 5.71. The molecule has 0 spiro atoms. The van der Waals surface area contributed by atoms with Gasteiger partial charge in [-0.05, 0) is 36.1 Å². The molecule has 21 heavy (non-hydrogen) atoms. The van der Waals surface area contributed by atoms with E-state index in [9.17, 15) is 0 Å². The van der Waals surface area contributed by atoms with Crippen LogP contribution in [0.15, 0.2) is 48.5 Å². The summed E-state index contributed by atoms with van der Waals surface area (Å²) in [5.74, 6) is 7.15. The van der Waals surface area contributed by atoms with Crippen LogP contribution in [0, 0.1) is 0 Å². The second-order valence-electron chi connectivity index (χ2n) is 4.86. The lowest BCUT2D eigenvalue weighted by atomic mass is 9.99. The van der Waals surface area contributed by atoms with E-state index in [0.717, 1.165) is 29.9 Å². The zero-order chi connectivity index (χ0) is 15.1. The Bertz CT molecular complexity index is 558. The molecule has 3 N–H and O–H groups in total. The Hall–Kier alpha value is -2.04. The number of rotatable bonds is 7. The number of ether oxygens (including phenoxy) is 2. The number of hydrogen-bond donors (Lipinski definition) is 2. The van der Waals surface area contributed by atoms with Crippen LogP contribution >= 0.6 is 0 Å². The number of aryl methyl sites for hydroxylation is 1. The van der Waals surface area contributed by atoms with Gasteiger partial charge in [0.05, 0.1) is 14.2 Å². The van der Waals surface area contributed by atoms with E-state index >= 15 is 0 Å². The van der Waals surface area contributed by atoms with Crippen LogP contribution in [0.4, 0.5) is 0 Å². The summed E-state index contributed by atoms with van der Waals surface area (Å²) in [5, 5.41) is 0. The predicted octanol–water partition coefficient (Wildman–Crippen LogP) is 2.84. The highest BCUT2D eigenvalue weighted by atomic mass is 16.5. The van der Waals surface area contributed by atoms with Crippen molar-refractivity contribution in [3.63, 3.8) is 0 Å². The van der Waals surface area contributed by atoms with E-state index in [1.807, 2.05) is 24.3 Å². The van der Waals surface area contributed by atoms with Crippen molar-refractivity contribution in [3.8, 4) is 11.5 Å². The number of hydrogen-bond acceptors (Lipinski definition) is 4. The summed E-state index contributed by atoms with van der Waals surface area (Å²) < 4.78 is 10.6. The highest BCUT2D eigenvalue weighted by Crippen LogP contribution is 2.31. The average Bonchev–Trinajstić information content (AvgIpc) is 2.56. The number of nitrogens with two attached hydrogens (primary N) is 1. The Morgan fingerprint density at radius 2 is 1.71 bits per heavy atom. The number of methoxy groups -OCH3 is 2. The van der Waals surface area contributed by atoms with Crippen molar-refractivity contribution in [2.75, 3.05) is 14.2 Å². The van der Waals surface area contributed by atoms with E-state index in [2.05, 4.69) is 29.7 Å². The molecular formula is C17H22N2O2. The third-order valence-corrected chi connectivity index (χ3v) is 3.58. The Morgan fingerprint density at radius 1 is 1.00 bits per heavy atom. The molecule has 2 aromatic carbocycles. The monoisotopic (exact) mass is 286 g/mol. The molecular weight excluding hydrogens is 264 g/mol. The molecule has 0 radical (unpaired) electrons. The zero-order valence-corrected chi connectivity index (χ0v) is 12.5. The Morgan fingerprint density at radius 3 is 2.33 bits per heavy atom. The summed E-state index contributed by atoms with van der Waals surface area (Å²) in [6, 6.07) is 16.3. The Labute approximate surface area is 125 Å². The fourth-order valence-electron chi connectivity index (χ4n) is 2.37. The molecule has 1 atom stereocenters. The maximum Gasteiger partial charge on any atom is 0.161 e. The predicted molar refractivity (Wildman–Crippen MR) is 84.4 cm³/mol. The van der Waals surface area contributed by atoms with Crippen molar-refractivity contribution < 1.29 is 9.47 Å². The summed E-state index contributed by atoms with van der Waals surface area (Å²) in [6.07, 6.45) is 1.88. The summed E-state index contributed by atoms with van der Waals surface area (Å²) in [6.45, 7) is 0. The highest BCUT2D eigenvalue weighted by Gasteiger charge is 2.13. The number of hydrazine groups is 1. The van der Waals surface area contributed by atoms with Gasteiger partial charge in [0.1, 0.15) is 0 Å². The number of nitrogens with one attached hydrogen (secondary N) is 1. The summed E-state index contributed by atoms with van der Waals surface area (Å²) >= 11 is 0. The third-order valence-electron chi connectivity index (χ3n) is 3.58. The zero-order valence-electron chi connectivity index (χ0n) is 12.5. The van der Waals surface area contributed by atoms with Gasteiger partial charge in [0.2, 0.25) is 0 Å². The van der Waals surface area contributed by atoms with Crippen molar-refractivity contribution in [2.45, 2.75) is 18.9 Å². The molecule has 0 aliphatic carbocycles. The molecule has 2 aromatic rings. The molecule has 0 saturated carbocycles. The third kappa shape index (κ3) is 3.97. The number of benzene rings is 2. The van der Waals surface area contributed by atoms with Crippen LogP contribution in [0.3, 0.4) is 0 Å². The first kappa shape index (κ1) is 15.4. The normalized spacial score (nSPS) is 12.0. The van der Waals surface area contributed by atoms with Crippen molar-refractivity contribution in [1.29, 1.82) is 0 Å². The van der Waals surface area contributed by atoms with Gasteiger partial charge in [-0.3, -0.25) is 11.3 Å². The summed E-state index contributed by atoms with van der Waals surface area (Å²) in [4.78, 5) is 0. The molecule has 0 amide bonds. The van der Waals surface area contributed by atoms with Crippen LogP contribution in [0.2, 0.25) is 0 Å². The lowest BCUT2D eigenvalue weighted by Gasteiger charge is -2.18. The average molecular weight is 286 g/mol. The van der Waals surface area contributed by atoms with Gasteiger partial charge in [0, 0.05) is 6.04 Å². The molecule has 0 fully saturated rings. The lowest BCUT2D eigenvalue weighted by molar-refractivity contribution is 0.353. The first-order valence-corrected chi connectivity index (χ1v) is 7.00. The van der Waals surface area contributed by atoms with Crippen LogP contribution in [0.1, 0.15) is 23.6 Å². The molecule has 2 rings (SSSR count). The summed E-state index contributed by atoms with van der Waals surface area (Å²) in [5.41, 5.74) is 5.27. The van der Waals surface area contributed by atoms with Crippen LogP contribution < -0.4 is 20.7 Å². The van der Waals surface area contributed by atoms with Crippen LogP contribution in [-0.2, 0) is 6.42 Å². The van der Waals surface area contributed by atoms with Gasteiger partial charge < -0.3 is 9.47 Å². The van der Waals surface area contributed by atoms with E-state index in [4.69, 9.17) is 15.3 Å². The van der Waals surface area contributed by atoms with Gasteiger partial charge in [-0.15, -0.1) is 0 Å². The highest BCUT2D eigenvalue weighted by molar-refractivity contribution is 5.43. The minimum absolute atomic E-state index is 0.0741. The van der Waals surface area contributed by atoms with Crippen molar-refractivity contribution in [3.05, 3.63) is 59.7 Å². The van der Waals surface area contributed by atoms with Gasteiger partial charge in [0.25, 0.3) is 0 Å². The van der Waals surface area contributed by atoms with Crippen LogP contribution in [0.25, 0.3) is 0 Å². The van der Waals surface area contributed by atoms with Crippen LogP contribution in [-0.4, -0.2) is 14.2 Å². The molecule has 0 bridgehead atoms. The molecule has 1 unspecified atom stereocenters. The van der Waals surface area contributed by atoms with Gasteiger partial charge in [-0.25, -0.2) is 0 Å². The largest absolute Gasteiger partial charge is 0.493 e. The molecule has 0 aromatic heterocycles. The van der Waals surface area contributed by atoms with E-state index in [1.54, 1.807) is 14.2 Å². The smallest absolute Gasteiger partial charge is 0.161 e. The maximum atomic E-state index is 5.71. The molecule has 0 aliphatic heterocycles. The fraction of sp³-hybridized carbons (Fsp3) is 0.294. The van der Waals surface area contributed by atoms with E-state index in [0.29, 0.717) is 0 Å². The van der Waals surface area contributed by atoms with Gasteiger partial charge in [-0.2, -0.15) is 0 Å². The van der Waals surface area contributed by atoms with Crippen molar-refractivity contribution in [2.24, 2.45) is 5.84 Å². The van der Waals surface area contributed by atoms with Crippen molar-refractivity contribution >= 4 is 0 Å². The quantitative estimate of drug-likeness (QED) is 0.607. The van der Waals surface area contributed by atoms with Crippen LogP contribution in [0.5, 0.6) is 11.5 Å². The minimum atomic E-state index is 0.0741. The van der Waals surface area contributed by atoms with E-state index < -0.39 is 0 Å². The minimum Gasteiger partial charge on any atom is -0.493 e. The first-order chi connectivity index (χ1) is 10.3. The molecule has 4 heteroatoms. The Balaban J connectivity index is 2.10. The van der Waals surface area contributed by atoms with Crippen molar-refractivity contribution in [1.82, 2.24) is 5.43 Å². The van der Waals surface area contributed by atoms with Gasteiger partial charge in [-0.1, -0.05) is 36.4 Å². The van der Waals surface area contributed by atoms with Gasteiger partial charge in [0.15, 0.2) is 11.5 Å². The lowest BCUT2D eigenvalue weighted by Crippen LogP contribution is -2.28. The molecule has 0 heterocycles. The molecule has 0 saturated heterocycles. The standard InChI is InChI=1S/C17H22N2O2/c1-20-16-11-9-14(12-17(16)21-2)15(19-18)10-8-13-6-4-3-5-7-13/h3-7,9,11-12,15,19H,8,10,18H2,1-2H3. The SMILES string of the molecule is COc1ccc(C(CCc2ccccc2)NN)cc1OC. The summed E-state index contributed by atoms with van der Waals surface area (Å²) in [7, 11) is 3.27. The van der Waals surface area contributed by atoms with E-state index in [1.165, 1.54) is 5.56 Å². The van der Waals surface area contributed by atoms with E-state index in [-0.39, 0.29) is 6.04 Å². The van der Waals surface area contributed by atoms with Gasteiger partial charge >= 0.3 is 0 Å². The first-order valence-electron chi connectivity index (χ1n) is 7.00. The topological polar surface area (TPSA) is 56.5 Å². The second kappa shape index (κ2) is 7.67. The molecule has 112 valence electrons. The fourth-order valence-corrected chi connectivity index (χ4v) is 2.37. The molecule has 4 nitrogen and oxygen atoms in total.